The van der Waals surface area contributed by atoms with Gasteiger partial charge < -0.3 is 14.9 Å². The van der Waals surface area contributed by atoms with E-state index in [0.29, 0.717) is 5.76 Å². The van der Waals surface area contributed by atoms with E-state index in [4.69, 9.17) is 4.98 Å². The Morgan fingerprint density at radius 2 is 1.48 bits per heavy atom. The van der Waals surface area contributed by atoms with Crippen LogP contribution in [-0.4, -0.2) is 23.3 Å². The Hall–Kier alpha value is -3.91. The van der Waals surface area contributed by atoms with Crippen molar-refractivity contribution in [3.8, 4) is 11.3 Å². The molecule has 1 N–H and O–H groups in total. The van der Waals surface area contributed by atoms with Gasteiger partial charge in [0.05, 0.1) is 5.41 Å². The number of alkyl halides is 3. The van der Waals surface area contributed by atoms with Crippen molar-refractivity contribution in [2.24, 2.45) is 10.8 Å². The second-order valence-corrected chi connectivity index (χ2v) is 17.7. The fourth-order valence-electron chi connectivity index (χ4n) is 6.60. The number of hydrogen-bond acceptors (Lipinski definition) is 5. The molecule has 4 nitrogen and oxygen atoms in total. The molecule has 0 fully saturated rings. The molecule has 6 aromatic rings. The molecule has 0 saturated heterocycles. The SMILES string of the molecule is CN1[CH-]N(/C=C(\O)C(C)(C)C)c2ccccc21.Cc1c(CC(C)(C)C(F)(F)F)ccc2c1sc1c(-c3[c-]c4ccccc4c(C(C)(C)C)c3)nccc12.[Ir]. The predicted octanol–water partition coefficient (Wildman–Crippen LogP) is 13.3. The third-order valence-electron chi connectivity index (χ3n) is 10.0. The molecule has 4 aromatic carbocycles. The number of hydrogen-bond donors (Lipinski definition) is 1. The maximum absolute atomic E-state index is 13.6. The fraction of sp³-hybridized carbons (Fsp3) is 0.333. The van der Waals surface area contributed by atoms with Gasteiger partial charge in [0.2, 0.25) is 0 Å². The number of rotatable bonds is 4. The van der Waals surface area contributed by atoms with Crippen molar-refractivity contribution in [1.82, 2.24) is 4.98 Å². The number of aliphatic hydroxyl groups is 1. The average molecular weight is 928 g/mol. The minimum atomic E-state index is -4.26. The summed E-state index contributed by atoms with van der Waals surface area (Å²) in [6, 6.07) is 28.0. The van der Waals surface area contributed by atoms with Crippen molar-refractivity contribution in [2.45, 2.75) is 80.3 Å². The molecule has 7 rings (SSSR count). The first-order valence-electron chi connectivity index (χ1n) is 17.9. The molecule has 0 aliphatic carbocycles. The number of halogens is 3. The minimum absolute atomic E-state index is 0. The van der Waals surface area contributed by atoms with E-state index >= 15 is 0 Å². The number of anilines is 2. The second kappa shape index (κ2) is 15.0. The van der Waals surface area contributed by atoms with Crippen molar-refractivity contribution >= 4 is 53.7 Å². The van der Waals surface area contributed by atoms with Gasteiger partial charge in [0.15, 0.2) is 0 Å². The number of aryl methyl sites for hydroxylation is 1. The summed E-state index contributed by atoms with van der Waals surface area (Å²) in [5.41, 5.74) is 4.83. The van der Waals surface area contributed by atoms with Crippen LogP contribution in [-0.2, 0) is 31.9 Å². The van der Waals surface area contributed by atoms with E-state index in [1.54, 1.807) is 17.5 Å². The summed E-state index contributed by atoms with van der Waals surface area (Å²) in [7, 11) is 2.00. The monoisotopic (exact) mass is 928 g/mol. The van der Waals surface area contributed by atoms with E-state index in [1.807, 2.05) is 99.9 Å². The summed E-state index contributed by atoms with van der Waals surface area (Å²) < 4.78 is 42.8. The summed E-state index contributed by atoms with van der Waals surface area (Å²) in [5.74, 6) is 0.374. The molecule has 0 bridgehead atoms. The summed E-state index contributed by atoms with van der Waals surface area (Å²) in [6.07, 6.45) is -0.713. The number of nitrogens with zero attached hydrogens (tertiary/aromatic N) is 3. The molecule has 0 saturated carbocycles. The maximum atomic E-state index is 13.6. The van der Waals surface area contributed by atoms with E-state index in [1.165, 1.54) is 24.8 Å². The van der Waals surface area contributed by atoms with Crippen molar-refractivity contribution < 1.29 is 38.4 Å². The molecule has 0 atom stereocenters. The van der Waals surface area contributed by atoms with E-state index in [2.05, 4.69) is 57.2 Å². The number of benzene rings is 4. The van der Waals surface area contributed by atoms with Crippen LogP contribution in [0.4, 0.5) is 24.5 Å². The Balaban J connectivity index is 0.000000262. The Labute approximate surface area is 335 Å². The van der Waals surface area contributed by atoms with Gasteiger partial charge in [-0.1, -0.05) is 109 Å². The zero-order chi connectivity index (χ0) is 38.7. The average Bonchev–Trinajstić information content (AvgIpc) is 3.62. The second-order valence-electron chi connectivity index (χ2n) is 16.7. The third kappa shape index (κ3) is 8.05. The Bertz CT molecular complexity index is 2350. The van der Waals surface area contributed by atoms with Gasteiger partial charge in [-0.15, -0.1) is 40.5 Å². The van der Waals surface area contributed by atoms with Gasteiger partial charge in [-0.3, -0.25) is 4.98 Å². The molecular formula is C45H48F3IrN3OS-2. The molecule has 0 spiro atoms. The van der Waals surface area contributed by atoms with E-state index in [9.17, 15) is 18.3 Å². The topological polar surface area (TPSA) is 39.6 Å². The van der Waals surface area contributed by atoms with Crippen LogP contribution in [0.5, 0.6) is 0 Å². The summed E-state index contributed by atoms with van der Waals surface area (Å²) >= 11 is 1.61. The van der Waals surface area contributed by atoms with Crippen molar-refractivity contribution in [3.63, 3.8) is 0 Å². The molecule has 287 valence electrons. The number of aliphatic hydroxyl groups excluding tert-OH is 1. The van der Waals surface area contributed by atoms with Crippen molar-refractivity contribution in [2.75, 3.05) is 16.8 Å². The molecule has 9 heteroatoms. The summed E-state index contributed by atoms with van der Waals surface area (Å²) in [6.45, 7) is 19.0. The zero-order valence-corrected chi connectivity index (χ0v) is 35.7. The normalized spacial score (nSPS) is 14.0. The molecule has 1 aliphatic rings. The number of allylic oxidation sites excluding steroid dienone is 1. The van der Waals surface area contributed by atoms with Gasteiger partial charge in [0.1, 0.15) is 5.76 Å². The Morgan fingerprint density at radius 1 is 0.852 bits per heavy atom. The van der Waals surface area contributed by atoms with Gasteiger partial charge in [-0.2, -0.15) is 19.8 Å². The number of para-hydroxylation sites is 2. The van der Waals surface area contributed by atoms with Crippen LogP contribution < -0.4 is 9.80 Å². The fourth-order valence-corrected chi connectivity index (χ4v) is 7.92. The van der Waals surface area contributed by atoms with Gasteiger partial charge in [-0.25, -0.2) is 0 Å². The van der Waals surface area contributed by atoms with Gasteiger partial charge in [0, 0.05) is 69.8 Å². The quantitative estimate of drug-likeness (QED) is 0.141. The first kappa shape index (κ1) is 41.3. The molecule has 1 aliphatic heterocycles. The predicted molar refractivity (Wildman–Crippen MR) is 218 cm³/mol. The van der Waals surface area contributed by atoms with Gasteiger partial charge in [-0.05, 0) is 60.5 Å². The Kier molecular flexibility index (Phi) is 11.4. The molecule has 2 aromatic heterocycles. The van der Waals surface area contributed by atoms with E-state index in [-0.39, 0.29) is 37.4 Å². The van der Waals surface area contributed by atoms with Crippen LogP contribution in [0.3, 0.4) is 0 Å². The molecular weight excluding hydrogens is 880 g/mol. The van der Waals surface area contributed by atoms with Crippen LogP contribution in [0.15, 0.2) is 91.0 Å². The van der Waals surface area contributed by atoms with Crippen LogP contribution in [0.2, 0.25) is 0 Å². The van der Waals surface area contributed by atoms with Gasteiger partial charge in [0.25, 0.3) is 0 Å². The van der Waals surface area contributed by atoms with Crippen LogP contribution >= 0.6 is 11.3 Å². The number of fused-ring (bicyclic) bond motifs is 5. The zero-order valence-electron chi connectivity index (χ0n) is 32.5. The standard InChI is InChI=1S/C31H29F3NS.C14H19N2O.Ir/c1-18-20(17-30(5,6)31(32,33)34)11-12-23-24-13-14-35-26(28(24)36-27(18)23)21-15-19-9-7-8-10-22(19)25(16-21)29(2,3)4;1-14(2,3)13(17)9-16-10-15(4)11-7-5-6-8-12(11)16;/h7-14,16H,17H2,1-6H3;5-10,17H,1-4H3;/q2*-1;/b;13-9-;. The molecule has 1 radical (unpaired) electrons. The van der Waals surface area contributed by atoms with Crippen molar-refractivity contribution in [1.29, 1.82) is 0 Å². The van der Waals surface area contributed by atoms with E-state index in [0.717, 1.165) is 59.3 Å². The smallest absolute Gasteiger partial charge is 0.394 e. The van der Waals surface area contributed by atoms with Crippen LogP contribution in [0, 0.1) is 30.5 Å². The van der Waals surface area contributed by atoms with Crippen molar-refractivity contribution in [3.05, 3.63) is 120 Å². The van der Waals surface area contributed by atoms with E-state index < -0.39 is 11.6 Å². The number of aromatic nitrogens is 1. The van der Waals surface area contributed by atoms with Gasteiger partial charge >= 0.3 is 6.18 Å². The molecule has 54 heavy (non-hydrogen) atoms. The van der Waals surface area contributed by atoms with Crippen LogP contribution in [0.1, 0.15) is 72.1 Å². The maximum Gasteiger partial charge on any atom is 0.394 e. The third-order valence-corrected chi connectivity index (χ3v) is 11.4. The number of thiophene rings is 1. The van der Waals surface area contributed by atoms with Crippen LogP contribution in [0.25, 0.3) is 42.2 Å². The minimum Gasteiger partial charge on any atom is -0.510 e. The summed E-state index contributed by atoms with van der Waals surface area (Å²) in [5, 5.41) is 14.4. The first-order valence-corrected chi connectivity index (χ1v) is 18.7. The molecule has 0 unspecified atom stereocenters. The molecule has 0 amide bonds. The largest absolute Gasteiger partial charge is 0.510 e. The summed E-state index contributed by atoms with van der Waals surface area (Å²) in [4.78, 5) is 8.77. The molecule has 3 heterocycles. The first-order chi connectivity index (χ1) is 24.7. The number of pyridine rings is 1. The Morgan fingerprint density at radius 3 is 2.13 bits per heavy atom.